The van der Waals surface area contributed by atoms with Gasteiger partial charge in [-0.2, -0.15) is 4.57 Å². The molecule has 7 heteroatoms. The lowest BCUT2D eigenvalue weighted by Crippen LogP contribution is -2.36. The zero-order valence-corrected chi connectivity index (χ0v) is 17.4. The first-order valence-electron chi connectivity index (χ1n) is 9.70. The maximum Gasteiger partial charge on any atom is 0.377 e. The molecule has 0 fully saturated rings. The van der Waals surface area contributed by atoms with Gasteiger partial charge in [0.05, 0.1) is 22.8 Å². The third kappa shape index (κ3) is 5.46. The third-order valence-electron chi connectivity index (χ3n) is 4.58. The molecule has 0 atom stereocenters. The second-order valence-electron chi connectivity index (χ2n) is 6.65. The van der Waals surface area contributed by atoms with Crippen LogP contribution in [0.15, 0.2) is 58.7 Å². The van der Waals surface area contributed by atoms with Gasteiger partial charge in [0, 0.05) is 24.7 Å². The van der Waals surface area contributed by atoms with Crippen LogP contribution < -0.4 is 4.57 Å². The highest BCUT2D eigenvalue weighted by Gasteiger charge is 2.22. The predicted octanol–water partition coefficient (Wildman–Crippen LogP) is 4.11. The summed E-state index contributed by atoms with van der Waals surface area (Å²) in [5, 5.41) is 0. The number of aryl methyl sites for hydroxylation is 1. The second kappa shape index (κ2) is 9.24. The molecule has 0 spiro atoms. The summed E-state index contributed by atoms with van der Waals surface area (Å²) in [6.45, 7) is 4.81. The highest BCUT2D eigenvalue weighted by Crippen LogP contribution is 2.25. The highest BCUT2D eigenvalue weighted by atomic mass is 32.2. The molecule has 0 aliphatic rings. The van der Waals surface area contributed by atoms with Crippen LogP contribution in [0.25, 0.3) is 28.3 Å². The quantitative estimate of drug-likeness (QED) is 0.298. The van der Waals surface area contributed by atoms with Crippen molar-refractivity contribution in [1.29, 1.82) is 0 Å². The molecule has 0 saturated heterocycles. The Morgan fingerprint density at radius 1 is 1.14 bits per heavy atom. The van der Waals surface area contributed by atoms with Gasteiger partial charge in [0.25, 0.3) is 5.52 Å². The van der Waals surface area contributed by atoms with Crippen molar-refractivity contribution in [3.05, 3.63) is 60.2 Å². The van der Waals surface area contributed by atoms with Gasteiger partial charge in [-0.15, -0.1) is 0 Å². The van der Waals surface area contributed by atoms with E-state index in [4.69, 9.17) is 9.15 Å². The normalized spacial score (nSPS) is 12.4. The molecule has 3 rings (SSSR count). The number of nitrogens with zero attached hydrogens (tertiary/aromatic N) is 1. The number of rotatable bonds is 9. The number of oxazole rings is 1. The first-order chi connectivity index (χ1) is 13.9. The zero-order chi connectivity index (χ0) is 20.9. The van der Waals surface area contributed by atoms with Gasteiger partial charge in [0.2, 0.25) is 5.58 Å². The van der Waals surface area contributed by atoms with Crippen LogP contribution in [0.1, 0.15) is 32.6 Å². The summed E-state index contributed by atoms with van der Waals surface area (Å²) in [7, 11) is -4.26. The highest BCUT2D eigenvalue weighted by molar-refractivity contribution is 7.85. The molecule has 0 aliphatic heterocycles. The van der Waals surface area contributed by atoms with E-state index in [9.17, 15) is 13.0 Å². The third-order valence-corrected chi connectivity index (χ3v) is 5.36. The molecule has 0 unspecified atom stereocenters. The lowest BCUT2D eigenvalue weighted by molar-refractivity contribution is -0.677. The van der Waals surface area contributed by atoms with E-state index in [1.807, 2.05) is 73.0 Å². The predicted molar refractivity (Wildman–Crippen MR) is 111 cm³/mol. The standard InChI is InChI=1S/C22H25NO5S/c1-3-19(27-4-2)16-22-23(13-8-14-29(24,25)26)20-15-18(11-12-21(20)28-22)17-9-6-5-7-10-17/h5-7,9-12,15-16H,3-4,8,13-14H2,1-2H3/b19-16+. The zero-order valence-electron chi connectivity index (χ0n) is 16.6. The molecule has 0 amide bonds. The molecule has 0 bridgehead atoms. The molecule has 1 heterocycles. The molecule has 29 heavy (non-hydrogen) atoms. The minimum absolute atomic E-state index is 0.206. The van der Waals surface area contributed by atoms with E-state index in [1.165, 1.54) is 0 Å². The molecule has 1 aromatic heterocycles. The molecular formula is C22H25NO5S. The summed E-state index contributed by atoms with van der Waals surface area (Å²) in [5.41, 5.74) is 3.63. The first kappa shape index (κ1) is 21.1. The average Bonchev–Trinajstić information content (AvgIpc) is 3.04. The van der Waals surface area contributed by atoms with Gasteiger partial charge < -0.3 is 13.7 Å². The van der Waals surface area contributed by atoms with E-state index in [-0.39, 0.29) is 6.42 Å². The topological polar surface area (TPSA) is 83.5 Å². The van der Waals surface area contributed by atoms with Crippen LogP contribution in [0.2, 0.25) is 0 Å². The molecule has 0 aliphatic carbocycles. The van der Waals surface area contributed by atoms with Crippen molar-refractivity contribution >= 4 is 27.3 Å². The number of benzene rings is 2. The van der Waals surface area contributed by atoms with Crippen molar-refractivity contribution in [1.82, 2.24) is 0 Å². The van der Waals surface area contributed by atoms with Gasteiger partial charge >= 0.3 is 5.89 Å². The fraction of sp³-hybridized carbons (Fsp3) is 0.318. The van der Waals surface area contributed by atoms with E-state index >= 15 is 0 Å². The Kier molecular flexibility index (Phi) is 6.71. The van der Waals surface area contributed by atoms with Gasteiger partial charge in [0.15, 0.2) is 6.54 Å². The van der Waals surface area contributed by atoms with Crippen molar-refractivity contribution in [3.8, 4) is 11.1 Å². The number of hydrogen-bond donors (Lipinski definition) is 0. The largest absolute Gasteiger partial charge is 0.748 e. The van der Waals surface area contributed by atoms with Gasteiger partial charge in [-0.25, -0.2) is 8.42 Å². The molecule has 0 saturated carbocycles. The number of hydrogen-bond acceptors (Lipinski definition) is 5. The van der Waals surface area contributed by atoms with Crippen LogP contribution in [0.4, 0.5) is 0 Å². The van der Waals surface area contributed by atoms with Crippen molar-refractivity contribution in [2.75, 3.05) is 12.4 Å². The number of allylic oxidation sites excluding steroid dienone is 1. The molecule has 0 N–H and O–H groups in total. The Bertz CT molecular complexity index is 1100. The minimum atomic E-state index is -4.26. The van der Waals surface area contributed by atoms with Crippen molar-refractivity contribution in [2.24, 2.45) is 0 Å². The Labute approximate surface area is 171 Å². The van der Waals surface area contributed by atoms with Crippen LogP contribution in [0.5, 0.6) is 0 Å². The maximum atomic E-state index is 11.0. The summed E-state index contributed by atoms with van der Waals surface area (Å²) < 4.78 is 46.7. The van der Waals surface area contributed by atoms with Crippen LogP contribution in [-0.2, 0) is 21.4 Å². The van der Waals surface area contributed by atoms with E-state index in [0.29, 0.717) is 31.0 Å². The van der Waals surface area contributed by atoms with E-state index < -0.39 is 15.9 Å². The molecule has 6 nitrogen and oxygen atoms in total. The smallest absolute Gasteiger partial charge is 0.377 e. The lowest BCUT2D eigenvalue weighted by atomic mass is 10.1. The fourth-order valence-electron chi connectivity index (χ4n) is 3.22. The average molecular weight is 416 g/mol. The molecule has 3 aromatic rings. The Morgan fingerprint density at radius 2 is 1.90 bits per heavy atom. The van der Waals surface area contributed by atoms with Crippen LogP contribution in [0, 0.1) is 0 Å². The van der Waals surface area contributed by atoms with Gasteiger partial charge in [-0.1, -0.05) is 43.3 Å². The summed E-state index contributed by atoms with van der Waals surface area (Å²) in [4.78, 5) is 0. The molecule has 2 aromatic carbocycles. The molecule has 0 radical (unpaired) electrons. The first-order valence-corrected chi connectivity index (χ1v) is 11.3. The van der Waals surface area contributed by atoms with Crippen molar-refractivity contribution in [3.63, 3.8) is 0 Å². The monoisotopic (exact) mass is 415 g/mol. The Morgan fingerprint density at radius 3 is 2.55 bits per heavy atom. The van der Waals surface area contributed by atoms with Crippen LogP contribution >= 0.6 is 0 Å². The minimum Gasteiger partial charge on any atom is -0.748 e. The van der Waals surface area contributed by atoms with Gasteiger partial charge in [-0.3, -0.25) is 0 Å². The summed E-state index contributed by atoms with van der Waals surface area (Å²) in [5.74, 6) is 0.930. The van der Waals surface area contributed by atoms with E-state index in [2.05, 4.69) is 0 Å². The van der Waals surface area contributed by atoms with E-state index in [0.717, 1.165) is 22.4 Å². The second-order valence-corrected chi connectivity index (χ2v) is 8.18. The number of aromatic nitrogens is 1. The van der Waals surface area contributed by atoms with Gasteiger partial charge in [0.1, 0.15) is 5.76 Å². The van der Waals surface area contributed by atoms with E-state index in [1.54, 1.807) is 0 Å². The number of fused-ring (bicyclic) bond motifs is 1. The maximum absolute atomic E-state index is 11.0. The van der Waals surface area contributed by atoms with Crippen LogP contribution in [-0.4, -0.2) is 25.3 Å². The summed E-state index contributed by atoms with van der Waals surface area (Å²) in [6, 6.07) is 15.9. The SMILES string of the molecule is CCO/C(=C/c1oc2ccc(-c3ccccc3)cc2[n+]1CCCS(=O)(=O)[O-])CC. The van der Waals surface area contributed by atoms with Gasteiger partial charge in [-0.05, 0) is 24.1 Å². The molecule has 154 valence electrons. The van der Waals surface area contributed by atoms with Crippen LogP contribution in [0.3, 0.4) is 0 Å². The van der Waals surface area contributed by atoms with Crippen molar-refractivity contribution < 1.29 is 26.7 Å². The summed E-state index contributed by atoms with van der Waals surface area (Å²) in [6.07, 6.45) is 2.74. The Balaban J connectivity index is 2.07. The Hall–Kier alpha value is -2.64. The lowest BCUT2D eigenvalue weighted by Gasteiger charge is -2.05. The molecular weight excluding hydrogens is 390 g/mol. The van der Waals surface area contributed by atoms with Crippen molar-refractivity contribution in [2.45, 2.75) is 33.2 Å². The summed E-state index contributed by atoms with van der Waals surface area (Å²) >= 11 is 0. The number of ether oxygens (including phenoxy) is 1. The fourth-order valence-corrected chi connectivity index (χ4v) is 3.70.